The maximum absolute atomic E-state index is 11.1. The molecule has 24 heavy (non-hydrogen) atoms. The first-order valence-electron chi connectivity index (χ1n) is 9.13. The average molecular weight is 342 g/mol. The number of hydrogen-bond donors (Lipinski definition) is 2. The molecule has 2 heterocycles. The molecular weight excluding hydrogens is 308 g/mol. The van der Waals surface area contributed by atoms with Gasteiger partial charge in [-0.05, 0) is 38.8 Å². The molecular formula is C18H34N2O4. The number of ether oxygens (including phenoxy) is 2. The number of esters is 2. The van der Waals surface area contributed by atoms with Crippen molar-refractivity contribution in [1.29, 1.82) is 0 Å². The molecule has 0 spiro atoms. The zero-order valence-electron chi connectivity index (χ0n) is 15.6. The summed E-state index contributed by atoms with van der Waals surface area (Å²) in [4.78, 5) is 22.3. The number of piperidine rings is 2. The average Bonchev–Trinajstić information content (AvgIpc) is 2.67. The lowest BCUT2D eigenvalue weighted by atomic mass is 9.94. The van der Waals surface area contributed by atoms with Gasteiger partial charge in [-0.3, -0.25) is 9.59 Å². The van der Waals surface area contributed by atoms with Gasteiger partial charge in [0.15, 0.2) is 0 Å². The molecule has 2 fully saturated rings. The first-order valence-corrected chi connectivity index (χ1v) is 9.13. The van der Waals surface area contributed by atoms with E-state index < -0.39 is 0 Å². The molecule has 0 amide bonds. The Morgan fingerprint density at radius 3 is 1.42 bits per heavy atom. The number of carbonyl (C=O) groups is 2. The fourth-order valence-electron chi connectivity index (χ4n) is 3.31. The van der Waals surface area contributed by atoms with Gasteiger partial charge in [0.05, 0.1) is 26.1 Å². The van der Waals surface area contributed by atoms with Crippen LogP contribution in [0.5, 0.6) is 0 Å². The van der Waals surface area contributed by atoms with E-state index in [9.17, 15) is 9.59 Å². The lowest BCUT2D eigenvalue weighted by molar-refractivity contribution is -0.146. The summed E-state index contributed by atoms with van der Waals surface area (Å²) in [6, 6.07) is 0.650. The highest BCUT2D eigenvalue weighted by Gasteiger charge is 2.26. The molecule has 140 valence electrons. The molecule has 6 nitrogen and oxygen atoms in total. The number of carbonyl (C=O) groups excluding carboxylic acids is 2. The molecule has 2 aliphatic heterocycles. The summed E-state index contributed by atoms with van der Waals surface area (Å²) in [7, 11) is 2.89. The van der Waals surface area contributed by atoms with Crippen LogP contribution < -0.4 is 10.6 Å². The zero-order chi connectivity index (χ0) is 17.9. The highest BCUT2D eigenvalue weighted by atomic mass is 16.5. The Balaban J connectivity index is 0.000000240. The number of hydrogen-bond acceptors (Lipinski definition) is 6. The summed E-state index contributed by atoms with van der Waals surface area (Å²) in [5, 5.41) is 6.67. The molecule has 2 N–H and O–H groups in total. The first-order chi connectivity index (χ1) is 11.5. The van der Waals surface area contributed by atoms with E-state index in [1.54, 1.807) is 0 Å². The van der Waals surface area contributed by atoms with E-state index in [0.29, 0.717) is 12.1 Å². The van der Waals surface area contributed by atoms with Gasteiger partial charge >= 0.3 is 11.9 Å². The van der Waals surface area contributed by atoms with Crippen molar-refractivity contribution in [2.45, 2.75) is 64.5 Å². The number of nitrogens with one attached hydrogen (secondary N) is 2. The minimum atomic E-state index is -0.102. The van der Waals surface area contributed by atoms with E-state index in [2.05, 4.69) is 20.1 Å². The minimum Gasteiger partial charge on any atom is -0.469 e. The van der Waals surface area contributed by atoms with Crippen LogP contribution in [0.4, 0.5) is 0 Å². The van der Waals surface area contributed by atoms with Crippen molar-refractivity contribution >= 4 is 11.9 Å². The first kappa shape index (κ1) is 20.9. The number of methoxy groups -OCH3 is 2. The second kappa shape index (κ2) is 11.4. The summed E-state index contributed by atoms with van der Waals surface area (Å²) in [5.41, 5.74) is 0. The molecule has 0 radical (unpaired) electrons. The zero-order valence-corrected chi connectivity index (χ0v) is 15.6. The van der Waals surface area contributed by atoms with Crippen LogP contribution in [-0.2, 0) is 19.1 Å². The quantitative estimate of drug-likeness (QED) is 0.760. The fraction of sp³-hybridized carbons (Fsp3) is 0.889. The van der Waals surface area contributed by atoms with Crippen LogP contribution >= 0.6 is 0 Å². The topological polar surface area (TPSA) is 76.7 Å². The van der Waals surface area contributed by atoms with Gasteiger partial charge in [-0.1, -0.05) is 26.7 Å². The van der Waals surface area contributed by atoms with Gasteiger partial charge in [0.25, 0.3) is 0 Å². The molecule has 0 aromatic heterocycles. The highest BCUT2D eigenvalue weighted by Crippen LogP contribution is 2.16. The van der Waals surface area contributed by atoms with Crippen molar-refractivity contribution in [3.63, 3.8) is 0 Å². The molecule has 0 aliphatic carbocycles. The smallest absolute Gasteiger partial charge is 0.309 e. The lowest BCUT2D eigenvalue weighted by Crippen LogP contribution is -2.42. The van der Waals surface area contributed by atoms with Crippen molar-refractivity contribution in [3.8, 4) is 0 Å². The third-order valence-electron chi connectivity index (χ3n) is 5.05. The van der Waals surface area contributed by atoms with Crippen LogP contribution in [0.1, 0.15) is 52.4 Å². The molecule has 0 bridgehead atoms. The Hall–Kier alpha value is -1.14. The van der Waals surface area contributed by atoms with Gasteiger partial charge in [0.2, 0.25) is 0 Å². The summed E-state index contributed by atoms with van der Waals surface area (Å²) in [6.45, 7) is 5.92. The van der Waals surface area contributed by atoms with Gasteiger partial charge < -0.3 is 20.1 Å². The summed E-state index contributed by atoms with van der Waals surface area (Å²) in [6.07, 6.45) is 7.08. The van der Waals surface area contributed by atoms with E-state index in [-0.39, 0.29) is 23.8 Å². The molecule has 2 aliphatic rings. The van der Waals surface area contributed by atoms with Crippen LogP contribution in [-0.4, -0.2) is 51.3 Å². The predicted molar refractivity (Wildman–Crippen MR) is 93.6 cm³/mol. The Kier molecular flexibility index (Phi) is 9.95. The van der Waals surface area contributed by atoms with Crippen molar-refractivity contribution < 1.29 is 19.1 Å². The van der Waals surface area contributed by atoms with Crippen LogP contribution in [0.25, 0.3) is 0 Å². The largest absolute Gasteiger partial charge is 0.469 e. The summed E-state index contributed by atoms with van der Waals surface area (Å²) >= 11 is 0. The van der Waals surface area contributed by atoms with Gasteiger partial charge in [0, 0.05) is 12.1 Å². The standard InChI is InChI=1S/2C9H17NO2/c2*1-7(9(11)12-2)8-5-3-4-6-10-8/h2*7-8,10H,3-6H2,1-2H3. The fourth-order valence-corrected chi connectivity index (χ4v) is 3.31. The van der Waals surface area contributed by atoms with Crippen molar-refractivity contribution in [1.82, 2.24) is 10.6 Å². The number of rotatable bonds is 4. The summed E-state index contributed by atoms with van der Waals surface area (Å²) < 4.78 is 9.37. The van der Waals surface area contributed by atoms with Crippen molar-refractivity contribution in [2.75, 3.05) is 27.3 Å². The Labute approximate surface area is 146 Å². The van der Waals surface area contributed by atoms with Crippen LogP contribution in [0.3, 0.4) is 0 Å². The molecule has 6 heteroatoms. The van der Waals surface area contributed by atoms with Gasteiger partial charge in [-0.2, -0.15) is 0 Å². The monoisotopic (exact) mass is 342 g/mol. The Morgan fingerprint density at radius 1 is 0.792 bits per heavy atom. The predicted octanol–water partition coefficient (Wildman–Crippen LogP) is 1.88. The van der Waals surface area contributed by atoms with Gasteiger partial charge in [0.1, 0.15) is 0 Å². The van der Waals surface area contributed by atoms with Crippen LogP contribution in [0.2, 0.25) is 0 Å². The van der Waals surface area contributed by atoms with E-state index in [1.807, 2.05) is 13.8 Å². The van der Waals surface area contributed by atoms with E-state index >= 15 is 0 Å². The second-order valence-electron chi connectivity index (χ2n) is 6.74. The maximum atomic E-state index is 11.1. The van der Waals surface area contributed by atoms with E-state index in [1.165, 1.54) is 39.9 Å². The lowest BCUT2D eigenvalue weighted by Gasteiger charge is -2.27. The van der Waals surface area contributed by atoms with Crippen molar-refractivity contribution in [2.24, 2.45) is 11.8 Å². The molecule has 4 atom stereocenters. The van der Waals surface area contributed by atoms with Crippen LogP contribution in [0, 0.1) is 11.8 Å². The SMILES string of the molecule is COC(=O)C(C)C1CCCCN1.COC(=O)C(C)C1CCCCN1. The Bertz CT molecular complexity index is 341. The molecule has 4 unspecified atom stereocenters. The third kappa shape index (κ3) is 6.77. The third-order valence-corrected chi connectivity index (χ3v) is 5.05. The molecule has 2 saturated heterocycles. The highest BCUT2D eigenvalue weighted by molar-refractivity contribution is 5.73. The second-order valence-corrected chi connectivity index (χ2v) is 6.74. The molecule has 0 aromatic rings. The maximum Gasteiger partial charge on any atom is 0.309 e. The van der Waals surface area contributed by atoms with Crippen molar-refractivity contribution in [3.05, 3.63) is 0 Å². The molecule has 0 aromatic carbocycles. The van der Waals surface area contributed by atoms with Crippen LogP contribution in [0.15, 0.2) is 0 Å². The Morgan fingerprint density at radius 2 is 1.17 bits per heavy atom. The normalized spacial score (nSPS) is 26.3. The van der Waals surface area contributed by atoms with E-state index in [4.69, 9.17) is 0 Å². The van der Waals surface area contributed by atoms with Gasteiger partial charge in [-0.15, -0.1) is 0 Å². The summed E-state index contributed by atoms with van der Waals surface area (Å²) in [5.74, 6) is -0.214. The minimum absolute atomic E-state index is 0.00435. The van der Waals surface area contributed by atoms with Gasteiger partial charge in [-0.25, -0.2) is 0 Å². The molecule has 0 saturated carbocycles. The molecule has 2 rings (SSSR count). The van der Waals surface area contributed by atoms with E-state index in [0.717, 1.165) is 25.9 Å².